The first kappa shape index (κ1) is 23.9. The molecule has 0 bridgehead atoms. The van der Waals surface area contributed by atoms with E-state index in [2.05, 4.69) is 10.2 Å². The molecule has 3 aromatic rings. The zero-order valence-corrected chi connectivity index (χ0v) is 20.5. The van der Waals surface area contributed by atoms with E-state index >= 15 is 0 Å². The fourth-order valence-corrected chi connectivity index (χ4v) is 4.32. The van der Waals surface area contributed by atoms with Crippen LogP contribution < -0.4 is 24.3 Å². The number of hydrogen-bond donors (Lipinski definition) is 1. The van der Waals surface area contributed by atoms with Gasteiger partial charge in [0.05, 0.1) is 33.5 Å². The second-order valence-corrected chi connectivity index (χ2v) is 8.25. The fraction of sp³-hybridized carbons (Fsp3) is 0.462. The van der Waals surface area contributed by atoms with Crippen LogP contribution in [0.2, 0.25) is 0 Å². The van der Waals surface area contributed by atoms with Crippen LogP contribution in [0.1, 0.15) is 26.2 Å². The van der Waals surface area contributed by atoms with Crippen molar-refractivity contribution in [3.05, 3.63) is 30.3 Å². The van der Waals surface area contributed by atoms with Gasteiger partial charge in [0, 0.05) is 30.1 Å². The number of likely N-dealkylation sites (tertiary alicyclic amines) is 1. The summed E-state index contributed by atoms with van der Waals surface area (Å²) in [6.07, 6.45) is 3.88. The van der Waals surface area contributed by atoms with Crippen LogP contribution in [0.5, 0.6) is 23.0 Å². The van der Waals surface area contributed by atoms with E-state index in [1.165, 1.54) is 19.3 Å². The number of ether oxygens (including phenoxy) is 4. The molecule has 0 unspecified atom stereocenters. The second kappa shape index (κ2) is 11.2. The summed E-state index contributed by atoms with van der Waals surface area (Å²) in [5, 5.41) is 4.45. The van der Waals surface area contributed by atoms with Gasteiger partial charge in [-0.3, -0.25) is 0 Å². The van der Waals surface area contributed by atoms with Crippen LogP contribution in [0.4, 0.5) is 5.82 Å². The molecule has 1 aromatic heterocycles. The number of aromatic nitrogens is 2. The third-order valence-electron chi connectivity index (χ3n) is 6.09. The SMILES string of the molecule is CCOc1cc2nc(-c3ccc(OC)c(OC)c3)nc(NCCN3CCCCC3)c2cc1OC. The third-order valence-corrected chi connectivity index (χ3v) is 6.09. The summed E-state index contributed by atoms with van der Waals surface area (Å²) in [4.78, 5) is 12.3. The molecule has 1 fully saturated rings. The minimum Gasteiger partial charge on any atom is -0.493 e. The molecule has 2 heterocycles. The molecule has 34 heavy (non-hydrogen) atoms. The molecule has 0 radical (unpaired) electrons. The summed E-state index contributed by atoms with van der Waals surface area (Å²) in [6.45, 7) is 6.59. The van der Waals surface area contributed by atoms with Gasteiger partial charge in [-0.05, 0) is 57.1 Å². The molecular formula is C26H34N4O4. The van der Waals surface area contributed by atoms with Crippen molar-refractivity contribution in [1.29, 1.82) is 0 Å². The van der Waals surface area contributed by atoms with E-state index in [0.717, 1.165) is 48.5 Å². The molecular weight excluding hydrogens is 432 g/mol. The molecule has 1 N–H and O–H groups in total. The first-order valence-electron chi connectivity index (χ1n) is 11.9. The minimum absolute atomic E-state index is 0.538. The maximum atomic E-state index is 5.80. The van der Waals surface area contributed by atoms with Crippen molar-refractivity contribution in [2.75, 3.05) is 59.4 Å². The molecule has 0 aliphatic carbocycles. The Morgan fingerprint density at radius 1 is 0.853 bits per heavy atom. The molecule has 0 amide bonds. The van der Waals surface area contributed by atoms with Gasteiger partial charge in [-0.25, -0.2) is 9.97 Å². The number of hydrogen-bond acceptors (Lipinski definition) is 8. The molecule has 1 saturated heterocycles. The Morgan fingerprint density at radius 2 is 1.59 bits per heavy atom. The molecule has 8 nitrogen and oxygen atoms in total. The molecule has 1 aliphatic heterocycles. The zero-order chi connectivity index (χ0) is 23.9. The van der Waals surface area contributed by atoms with Crippen LogP contribution in [0.3, 0.4) is 0 Å². The molecule has 2 aromatic carbocycles. The Kier molecular flexibility index (Phi) is 7.90. The van der Waals surface area contributed by atoms with Gasteiger partial charge in [0.25, 0.3) is 0 Å². The zero-order valence-electron chi connectivity index (χ0n) is 20.5. The number of benzene rings is 2. The van der Waals surface area contributed by atoms with Crippen molar-refractivity contribution in [2.24, 2.45) is 0 Å². The number of rotatable bonds is 10. The van der Waals surface area contributed by atoms with Gasteiger partial charge >= 0.3 is 0 Å². The minimum atomic E-state index is 0.538. The van der Waals surface area contributed by atoms with Crippen molar-refractivity contribution >= 4 is 16.7 Å². The molecule has 182 valence electrons. The normalized spacial score (nSPS) is 14.1. The third kappa shape index (κ3) is 5.28. The monoisotopic (exact) mass is 466 g/mol. The number of methoxy groups -OCH3 is 3. The summed E-state index contributed by atoms with van der Waals surface area (Å²) in [5.41, 5.74) is 1.62. The molecule has 4 rings (SSSR count). The lowest BCUT2D eigenvalue weighted by atomic mass is 10.1. The first-order valence-corrected chi connectivity index (χ1v) is 11.9. The van der Waals surface area contributed by atoms with Gasteiger partial charge in [-0.15, -0.1) is 0 Å². The van der Waals surface area contributed by atoms with E-state index in [-0.39, 0.29) is 0 Å². The van der Waals surface area contributed by atoms with Crippen molar-refractivity contribution in [1.82, 2.24) is 14.9 Å². The Bertz CT molecular complexity index is 1120. The van der Waals surface area contributed by atoms with Crippen molar-refractivity contribution in [3.63, 3.8) is 0 Å². The first-order chi connectivity index (χ1) is 16.7. The maximum Gasteiger partial charge on any atom is 0.163 e. The van der Waals surface area contributed by atoms with Crippen LogP contribution in [0, 0.1) is 0 Å². The highest BCUT2D eigenvalue weighted by atomic mass is 16.5. The van der Waals surface area contributed by atoms with Gasteiger partial charge in [0.1, 0.15) is 5.82 Å². The lowest BCUT2D eigenvalue weighted by Gasteiger charge is -2.26. The van der Waals surface area contributed by atoms with Crippen molar-refractivity contribution < 1.29 is 18.9 Å². The quantitative estimate of drug-likeness (QED) is 0.464. The smallest absolute Gasteiger partial charge is 0.163 e. The van der Waals surface area contributed by atoms with Crippen molar-refractivity contribution in [3.8, 4) is 34.4 Å². The molecule has 0 atom stereocenters. The Balaban J connectivity index is 1.73. The molecule has 1 aliphatic rings. The van der Waals surface area contributed by atoms with Crippen LogP contribution in [0.15, 0.2) is 30.3 Å². The van der Waals surface area contributed by atoms with Gasteiger partial charge in [0.2, 0.25) is 0 Å². The van der Waals surface area contributed by atoms with E-state index in [0.29, 0.717) is 35.4 Å². The average Bonchev–Trinajstić information content (AvgIpc) is 2.88. The highest BCUT2D eigenvalue weighted by molar-refractivity contribution is 5.93. The summed E-state index contributed by atoms with van der Waals surface area (Å²) < 4.78 is 22.3. The van der Waals surface area contributed by atoms with Gasteiger partial charge in [-0.1, -0.05) is 6.42 Å². The largest absolute Gasteiger partial charge is 0.493 e. The predicted octanol–water partition coefficient (Wildman–Crippen LogP) is 4.62. The summed E-state index contributed by atoms with van der Waals surface area (Å²) in [6, 6.07) is 9.56. The summed E-state index contributed by atoms with van der Waals surface area (Å²) in [7, 11) is 4.89. The number of nitrogens with zero attached hydrogens (tertiary/aromatic N) is 3. The standard InChI is InChI=1S/C26H34N4O4/c1-5-34-24-17-20-19(16-23(24)33-4)26(27-11-14-30-12-7-6-8-13-30)29-25(28-20)18-9-10-21(31-2)22(15-18)32-3/h9-10,15-17H,5-8,11-14H2,1-4H3,(H,27,28,29). The van der Waals surface area contributed by atoms with Gasteiger partial charge in [-0.2, -0.15) is 0 Å². The molecule has 0 spiro atoms. The maximum absolute atomic E-state index is 5.80. The highest BCUT2D eigenvalue weighted by Crippen LogP contribution is 2.37. The van der Waals surface area contributed by atoms with Crippen LogP contribution in [0.25, 0.3) is 22.3 Å². The predicted molar refractivity (Wildman–Crippen MR) is 135 cm³/mol. The van der Waals surface area contributed by atoms with Crippen LogP contribution >= 0.6 is 0 Å². The van der Waals surface area contributed by atoms with Crippen molar-refractivity contribution in [2.45, 2.75) is 26.2 Å². The topological polar surface area (TPSA) is 78.0 Å². The van der Waals surface area contributed by atoms with Gasteiger partial charge < -0.3 is 29.2 Å². The van der Waals surface area contributed by atoms with E-state index in [9.17, 15) is 0 Å². The van der Waals surface area contributed by atoms with Crippen LogP contribution in [-0.4, -0.2) is 69.0 Å². The summed E-state index contributed by atoms with van der Waals surface area (Å²) >= 11 is 0. The van der Waals surface area contributed by atoms with E-state index in [1.807, 2.05) is 37.3 Å². The van der Waals surface area contributed by atoms with E-state index < -0.39 is 0 Å². The average molecular weight is 467 g/mol. The van der Waals surface area contributed by atoms with E-state index in [4.69, 9.17) is 28.9 Å². The Labute approximate surface area is 201 Å². The second-order valence-electron chi connectivity index (χ2n) is 8.25. The Hall–Kier alpha value is -3.26. The molecule has 0 saturated carbocycles. The lowest BCUT2D eigenvalue weighted by Crippen LogP contribution is -2.33. The fourth-order valence-electron chi connectivity index (χ4n) is 4.32. The molecule has 8 heteroatoms. The summed E-state index contributed by atoms with van der Waals surface area (Å²) in [5.74, 6) is 3.99. The number of piperidine rings is 1. The Morgan fingerprint density at radius 3 is 2.29 bits per heavy atom. The van der Waals surface area contributed by atoms with E-state index in [1.54, 1.807) is 21.3 Å². The number of nitrogens with one attached hydrogen (secondary N) is 1. The lowest BCUT2D eigenvalue weighted by molar-refractivity contribution is 0.237. The number of anilines is 1. The van der Waals surface area contributed by atoms with Crippen LogP contribution in [-0.2, 0) is 0 Å². The number of fused-ring (bicyclic) bond motifs is 1. The highest BCUT2D eigenvalue weighted by Gasteiger charge is 2.16. The van der Waals surface area contributed by atoms with Gasteiger partial charge in [0.15, 0.2) is 28.8 Å².